The molecule has 1 aliphatic carbocycles. The second-order valence-corrected chi connectivity index (χ2v) is 12.7. The predicted molar refractivity (Wildman–Crippen MR) is 97.7 cm³/mol. The number of hydrogen-bond acceptors (Lipinski definition) is 2. The van der Waals surface area contributed by atoms with Gasteiger partial charge in [0.15, 0.2) is 8.32 Å². The van der Waals surface area contributed by atoms with Crippen molar-refractivity contribution in [3.63, 3.8) is 0 Å². The molecule has 0 saturated heterocycles. The Hall–Kier alpha value is -0.673. The van der Waals surface area contributed by atoms with Gasteiger partial charge in [0.2, 0.25) is 0 Å². The summed E-state index contributed by atoms with van der Waals surface area (Å²) in [5, 5.41) is 0.302. The third kappa shape index (κ3) is 6.21. The zero-order valence-corrected chi connectivity index (χ0v) is 16.2. The molecule has 2 nitrogen and oxygen atoms in total. The van der Waals surface area contributed by atoms with Gasteiger partial charge in [-0.1, -0.05) is 39.3 Å². The predicted octanol–water partition coefficient (Wildman–Crippen LogP) is 5.80. The van der Waals surface area contributed by atoms with E-state index in [9.17, 15) is 4.79 Å². The molecule has 0 spiro atoms. The van der Waals surface area contributed by atoms with Crippen LogP contribution in [-0.4, -0.2) is 21.2 Å². The van der Waals surface area contributed by atoms with Crippen LogP contribution in [-0.2, 0) is 9.22 Å². The molecule has 0 aliphatic heterocycles. The minimum absolute atomic E-state index is 0.302. The van der Waals surface area contributed by atoms with Crippen molar-refractivity contribution in [3.05, 3.63) is 23.3 Å². The molecule has 0 aromatic rings. The van der Waals surface area contributed by atoms with Crippen LogP contribution >= 0.6 is 0 Å². The SMILES string of the molecule is CC(C)(C)[Si](C)(C)OCCCCC/C=C1\CCCC=C1C=O. The number of rotatable bonds is 8. The minimum Gasteiger partial charge on any atom is -0.417 e. The summed E-state index contributed by atoms with van der Waals surface area (Å²) in [4.78, 5) is 11.0. The summed E-state index contributed by atoms with van der Waals surface area (Å²) >= 11 is 0. The van der Waals surface area contributed by atoms with Gasteiger partial charge in [-0.15, -0.1) is 0 Å². The van der Waals surface area contributed by atoms with Crippen LogP contribution in [0, 0.1) is 0 Å². The number of unbranched alkanes of at least 4 members (excludes halogenated alkanes) is 3. The average Bonchev–Trinajstić information content (AvgIpc) is 2.45. The zero-order chi connectivity index (χ0) is 16.6. The van der Waals surface area contributed by atoms with E-state index in [0.717, 1.165) is 44.1 Å². The van der Waals surface area contributed by atoms with Crippen LogP contribution in [0.1, 0.15) is 65.7 Å². The first-order chi connectivity index (χ1) is 10.3. The topological polar surface area (TPSA) is 26.3 Å². The summed E-state index contributed by atoms with van der Waals surface area (Å²) in [6.45, 7) is 12.4. The largest absolute Gasteiger partial charge is 0.417 e. The molecule has 0 unspecified atom stereocenters. The van der Waals surface area contributed by atoms with Gasteiger partial charge < -0.3 is 4.43 Å². The quantitative estimate of drug-likeness (QED) is 0.320. The van der Waals surface area contributed by atoms with Crippen molar-refractivity contribution in [1.29, 1.82) is 0 Å². The number of aldehydes is 1. The van der Waals surface area contributed by atoms with E-state index in [0.29, 0.717) is 5.04 Å². The highest BCUT2D eigenvalue weighted by Crippen LogP contribution is 2.36. The monoisotopic (exact) mass is 322 g/mol. The van der Waals surface area contributed by atoms with E-state index < -0.39 is 8.32 Å². The van der Waals surface area contributed by atoms with E-state index in [1.807, 2.05) is 0 Å². The lowest BCUT2D eigenvalue weighted by Crippen LogP contribution is -2.40. The van der Waals surface area contributed by atoms with Crippen molar-refractivity contribution in [2.24, 2.45) is 0 Å². The van der Waals surface area contributed by atoms with Crippen LogP contribution in [0.2, 0.25) is 18.1 Å². The molecule has 0 aromatic carbocycles. The molecule has 0 fully saturated rings. The lowest BCUT2D eigenvalue weighted by Gasteiger charge is -2.36. The average molecular weight is 323 g/mol. The molecular formula is C19H34O2Si. The molecule has 1 rings (SSSR count). The van der Waals surface area contributed by atoms with E-state index in [1.54, 1.807) is 0 Å². The molecule has 0 saturated carbocycles. The first kappa shape index (κ1) is 19.4. The molecule has 0 bridgehead atoms. The fraction of sp³-hybridized carbons (Fsp3) is 0.737. The Kier molecular flexibility index (Phi) is 7.77. The Balaban J connectivity index is 2.20. The van der Waals surface area contributed by atoms with Crippen LogP contribution in [0.15, 0.2) is 23.3 Å². The molecule has 1 aliphatic rings. The minimum atomic E-state index is -1.57. The Morgan fingerprint density at radius 2 is 1.95 bits per heavy atom. The smallest absolute Gasteiger partial charge is 0.191 e. The molecule has 3 heteroatoms. The maximum absolute atomic E-state index is 11.0. The maximum atomic E-state index is 11.0. The summed E-state index contributed by atoms with van der Waals surface area (Å²) in [5.74, 6) is 0. The third-order valence-corrected chi connectivity index (χ3v) is 9.56. The van der Waals surface area contributed by atoms with E-state index in [1.165, 1.54) is 24.8 Å². The van der Waals surface area contributed by atoms with Crippen LogP contribution in [0.3, 0.4) is 0 Å². The normalized spacial score (nSPS) is 18.4. The number of carbonyl (C=O) groups excluding carboxylic acids is 1. The molecule has 0 aromatic heterocycles. The van der Waals surface area contributed by atoms with Crippen molar-refractivity contribution < 1.29 is 9.22 Å². The van der Waals surface area contributed by atoms with Crippen molar-refractivity contribution in [2.45, 2.75) is 83.8 Å². The number of hydrogen-bond donors (Lipinski definition) is 0. The van der Waals surface area contributed by atoms with Crippen molar-refractivity contribution in [2.75, 3.05) is 6.61 Å². The Labute approximate surface area is 138 Å². The van der Waals surface area contributed by atoms with Crippen LogP contribution in [0.4, 0.5) is 0 Å². The Bertz CT molecular complexity index is 414. The van der Waals surface area contributed by atoms with E-state index in [4.69, 9.17) is 4.43 Å². The van der Waals surface area contributed by atoms with Gasteiger partial charge in [0.25, 0.3) is 0 Å². The zero-order valence-electron chi connectivity index (χ0n) is 15.2. The van der Waals surface area contributed by atoms with Gasteiger partial charge in [-0.2, -0.15) is 0 Å². The van der Waals surface area contributed by atoms with Gasteiger partial charge in [-0.25, -0.2) is 0 Å². The van der Waals surface area contributed by atoms with Crippen molar-refractivity contribution in [1.82, 2.24) is 0 Å². The summed E-state index contributed by atoms with van der Waals surface area (Å²) in [7, 11) is -1.57. The first-order valence-corrected chi connectivity index (χ1v) is 11.7. The highest BCUT2D eigenvalue weighted by Gasteiger charge is 2.36. The third-order valence-electron chi connectivity index (χ3n) is 5.02. The van der Waals surface area contributed by atoms with Crippen LogP contribution < -0.4 is 0 Å². The number of carbonyl (C=O) groups is 1. The fourth-order valence-electron chi connectivity index (χ4n) is 2.41. The van der Waals surface area contributed by atoms with Gasteiger partial charge in [-0.05, 0) is 62.2 Å². The highest BCUT2D eigenvalue weighted by molar-refractivity contribution is 6.74. The van der Waals surface area contributed by atoms with Gasteiger partial charge in [0.1, 0.15) is 6.29 Å². The summed E-state index contributed by atoms with van der Waals surface area (Å²) < 4.78 is 6.19. The summed E-state index contributed by atoms with van der Waals surface area (Å²) in [5.41, 5.74) is 2.19. The Morgan fingerprint density at radius 3 is 2.59 bits per heavy atom. The number of allylic oxidation sites excluding steroid dienone is 4. The van der Waals surface area contributed by atoms with Crippen LogP contribution in [0.5, 0.6) is 0 Å². The molecule has 0 amide bonds. The van der Waals surface area contributed by atoms with Gasteiger partial charge in [0, 0.05) is 12.2 Å². The van der Waals surface area contributed by atoms with E-state index in [-0.39, 0.29) is 0 Å². The molecule has 0 N–H and O–H groups in total. The van der Waals surface area contributed by atoms with Crippen molar-refractivity contribution >= 4 is 14.6 Å². The fourth-order valence-corrected chi connectivity index (χ4v) is 3.50. The lowest BCUT2D eigenvalue weighted by molar-refractivity contribution is -0.104. The standard InChI is InChI=1S/C19H34O2Si/c1-19(2,3)22(4,5)21-15-11-7-6-8-12-17-13-9-10-14-18(17)16-20/h12,14,16H,6-11,13,15H2,1-5H3/b17-12+. The first-order valence-electron chi connectivity index (χ1n) is 8.76. The van der Waals surface area contributed by atoms with E-state index >= 15 is 0 Å². The Morgan fingerprint density at radius 1 is 1.23 bits per heavy atom. The summed E-state index contributed by atoms with van der Waals surface area (Å²) in [6, 6.07) is 0. The molecular weight excluding hydrogens is 288 g/mol. The second kappa shape index (κ2) is 8.83. The van der Waals surface area contributed by atoms with Gasteiger partial charge in [0.05, 0.1) is 0 Å². The molecule has 22 heavy (non-hydrogen) atoms. The van der Waals surface area contributed by atoms with Gasteiger partial charge in [-0.3, -0.25) is 4.79 Å². The molecule has 0 atom stereocenters. The summed E-state index contributed by atoms with van der Waals surface area (Å²) in [6.07, 6.45) is 13.3. The lowest BCUT2D eigenvalue weighted by atomic mass is 9.93. The van der Waals surface area contributed by atoms with Crippen molar-refractivity contribution in [3.8, 4) is 0 Å². The highest BCUT2D eigenvalue weighted by atomic mass is 28.4. The second-order valence-electron chi connectivity index (χ2n) is 7.86. The maximum Gasteiger partial charge on any atom is 0.191 e. The molecule has 0 radical (unpaired) electrons. The van der Waals surface area contributed by atoms with E-state index in [2.05, 4.69) is 46.0 Å². The molecule has 0 heterocycles. The molecule has 126 valence electrons. The van der Waals surface area contributed by atoms with Gasteiger partial charge >= 0.3 is 0 Å². The van der Waals surface area contributed by atoms with Crippen LogP contribution in [0.25, 0.3) is 0 Å².